The molecule has 0 saturated carbocycles. The summed E-state index contributed by atoms with van der Waals surface area (Å²) >= 11 is 1.42. The summed E-state index contributed by atoms with van der Waals surface area (Å²) < 4.78 is 1.86. The molecule has 0 N–H and O–H groups in total. The van der Waals surface area contributed by atoms with Crippen LogP contribution in [0.25, 0.3) is 11.0 Å². The van der Waals surface area contributed by atoms with Gasteiger partial charge in [0.15, 0.2) is 11.4 Å². The molecule has 0 aliphatic heterocycles. The second-order valence-corrected chi connectivity index (χ2v) is 6.75. The highest BCUT2D eigenvalue weighted by molar-refractivity contribution is 8.00. The van der Waals surface area contributed by atoms with Crippen LogP contribution in [0.1, 0.15) is 15.9 Å². The van der Waals surface area contributed by atoms with Crippen molar-refractivity contribution in [1.82, 2.24) is 19.7 Å². The zero-order valence-electron chi connectivity index (χ0n) is 13.9. The highest BCUT2D eigenvalue weighted by Crippen LogP contribution is 2.25. The van der Waals surface area contributed by atoms with Crippen LogP contribution in [0.15, 0.2) is 78.2 Å². The number of ketones is 1. The Hall–Kier alpha value is -2.99. The van der Waals surface area contributed by atoms with Crippen LogP contribution in [-0.2, 0) is 6.54 Å². The number of hydrogen-bond donors (Lipinski definition) is 0. The van der Waals surface area contributed by atoms with Gasteiger partial charge in [-0.05, 0) is 5.56 Å². The van der Waals surface area contributed by atoms with Crippen LogP contribution in [0.2, 0.25) is 0 Å². The summed E-state index contributed by atoms with van der Waals surface area (Å²) in [5.74, 6) is 0.416. The fourth-order valence-electron chi connectivity index (χ4n) is 2.70. The van der Waals surface area contributed by atoms with Crippen molar-refractivity contribution in [3.63, 3.8) is 0 Å². The van der Waals surface area contributed by atoms with Crippen molar-refractivity contribution in [2.75, 3.05) is 5.75 Å². The second-order valence-electron chi connectivity index (χ2n) is 5.78. The number of hydrogen-bond acceptors (Lipinski definition) is 5. The predicted octanol–water partition coefficient (Wildman–Crippen LogP) is 3.85. The molecule has 0 fully saturated rings. The maximum absolute atomic E-state index is 12.3. The molecule has 5 nitrogen and oxygen atoms in total. The second kappa shape index (κ2) is 7.49. The van der Waals surface area contributed by atoms with Crippen molar-refractivity contribution < 1.29 is 4.79 Å². The maximum Gasteiger partial charge on any atom is 0.173 e. The Morgan fingerprint density at radius 1 is 0.962 bits per heavy atom. The Morgan fingerprint density at radius 2 is 1.69 bits per heavy atom. The van der Waals surface area contributed by atoms with Crippen molar-refractivity contribution in [1.29, 1.82) is 0 Å². The number of carbonyl (C=O) groups excluding carboxylic acids is 1. The molecule has 4 aromatic rings. The zero-order chi connectivity index (χ0) is 17.8. The molecule has 0 unspecified atom stereocenters. The molecule has 0 saturated heterocycles. The number of fused-ring (bicyclic) bond motifs is 1. The van der Waals surface area contributed by atoms with Crippen molar-refractivity contribution >= 4 is 28.6 Å². The molecular weight excluding hydrogens is 344 g/mol. The number of nitrogens with zero attached hydrogens (tertiary/aromatic N) is 4. The first-order valence-corrected chi connectivity index (χ1v) is 9.21. The molecule has 0 aliphatic carbocycles. The molecule has 4 rings (SSSR count). The van der Waals surface area contributed by atoms with Gasteiger partial charge in [0, 0.05) is 5.56 Å². The number of thioether (sulfide) groups is 1. The predicted molar refractivity (Wildman–Crippen MR) is 102 cm³/mol. The Balaban J connectivity index is 1.54. The number of carbonyl (C=O) groups is 1. The van der Waals surface area contributed by atoms with E-state index >= 15 is 0 Å². The molecule has 0 radical (unpaired) electrons. The Bertz CT molecular complexity index is 1030. The van der Waals surface area contributed by atoms with E-state index in [9.17, 15) is 4.79 Å². The average molecular weight is 360 g/mol. The number of aromatic nitrogens is 4. The zero-order valence-corrected chi connectivity index (χ0v) is 14.8. The van der Waals surface area contributed by atoms with Crippen LogP contribution >= 0.6 is 11.8 Å². The third kappa shape index (κ3) is 3.50. The van der Waals surface area contributed by atoms with Gasteiger partial charge < -0.3 is 0 Å². The monoisotopic (exact) mass is 360 g/mol. The SMILES string of the molecule is O=C(CSc1ncnc2c1cnn2Cc1ccccc1)c1ccccc1. The van der Waals surface area contributed by atoms with Crippen LogP contribution in [0.3, 0.4) is 0 Å². The van der Waals surface area contributed by atoms with E-state index in [0.29, 0.717) is 17.9 Å². The minimum atomic E-state index is 0.0824. The normalized spacial score (nSPS) is 10.9. The molecule has 128 valence electrons. The van der Waals surface area contributed by atoms with Gasteiger partial charge in [-0.25, -0.2) is 14.6 Å². The quantitative estimate of drug-likeness (QED) is 0.297. The third-order valence-electron chi connectivity index (χ3n) is 4.01. The lowest BCUT2D eigenvalue weighted by Crippen LogP contribution is -2.03. The highest BCUT2D eigenvalue weighted by atomic mass is 32.2. The summed E-state index contributed by atoms with van der Waals surface area (Å²) in [6, 6.07) is 19.4. The average Bonchev–Trinajstić information content (AvgIpc) is 3.11. The summed E-state index contributed by atoms with van der Waals surface area (Å²) in [5.41, 5.74) is 2.65. The van der Waals surface area contributed by atoms with Gasteiger partial charge in [-0.15, -0.1) is 0 Å². The van der Waals surface area contributed by atoms with Gasteiger partial charge in [0.05, 0.1) is 23.9 Å². The lowest BCUT2D eigenvalue weighted by molar-refractivity contribution is 0.102. The first-order chi connectivity index (χ1) is 12.8. The molecule has 0 aliphatic rings. The van der Waals surface area contributed by atoms with E-state index in [-0.39, 0.29) is 5.78 Å². The smallest absolute Gasteiger partial charge is 0.173 e. The standard InChI is InChI=1S/C20H16N4OS/c25-18(16-9-5-2-6-10-16)13-26-20-17-11-23-24(19(17)21-14-22-20)12-15-7-3-1-4-8-15/h1-11,14H,12-13H2. The van der Waals surface area contributed by atoms with E-state index in [1.54, 1.807) is 6.20 Å². The van der Waals surface area contributed by atoms with Crippen LogP contribution in [0.5, 0.6) is 0 Å². The molecular formula is C20H16N4OS. The minimum Gasteiger partial charge on any atom is -0.293 e. The van der Waals surface area contributed by atoms with E-state index in [4.69, 9.17) is 0 Å². The first-order valence-electron chi connectivity index (χ1n) is 8.23. The van der Waals surface area contributed by atoms with Crippen molar-refractivity contribution in [3.05, 3.63) is 84.3 Å². The summed E-state index contributed by atoms with van der Waals surface area (Å²) in [4.78, 5) is 21.0. The van der Waals surface area contributed by atoms with E-state index in [1.165, 1.54) is 18.1 Å². The first kappa shape index (κ1) is 16.5. The van der Waals surface area contributed by atoms with E-state index < -0.39 is 0 Å². The molecule has 0 amide bonds. The van der Waals surface area contributed by atoms with Gasteiger partial charge in [0.2, 0.25) is 0 Å². The molecule has 2 aromatic carbocycles. The van der Waals surface area contributed by atoms with Crippen molar-refractivity contribution in [2.24, 2.45) is 0 Å². The molecule has 0 bridgehead atoms. The molecule has 2 heterocycles. The maximum atomic E-state index is 12.3. The summed E-state index contributed by atoms with van der Waals surface area (Å²) in [6.07, 6.45) is 3.30. The van der Waals surface area contributed by atoms with Gasteiger partial charge in [-0.3, -0.25) is 4.79 Å². The Labute approximate surface area is 155 Å². The van der Waals surface area contributed by atoms with E-state index in [0.717, 1.165) is 21.6 Å². The highest BCUT2D eigenvalue weighted by Gasteiger charge is 2.13. The van der Waals surface area contributed by atoms with E-state index in [1.807, 2.05) is 53.2 Å². The molecule has 26 heavy (non-hydrogen) atoms. The van der Waals surface area contributed by atoms with Gasteiger partial charge in [-0.2, -0.15) is 5.10 Å². The van der Waals surface area contributed by atoms with E-state index in [2.05, 4.69) is 27.2 Å². The fourth-order valence-corrected chi connectivity index (χ4v) is 3.56. The summed E-state index contributed by atoms with van der Waals surface area (Å²) in [5, 5.41) is 6.10. The largest absolute Gasteiger partial charge is 0.293 e. The van der Waals surface area contributed by atoms with Gasteiger partial charge in [0.1, 0.15) is 11.4 Å². The van der Waals surface area contributed by atoms with Gasteiger partial charge in [-0.1, -0.05) is 72.4 Å². The fraction of sp³-hybridized carbons (Fsp3) is 0.100. The summed E-state index contributed by atoms with van der Waals surface area (Å²) in [6.45, 7) is 0.647. The number of benzene rings is 2. The van der Waals surface area contributed by atoms with Crippen LogP contribution in [0, 0.1) is 0 Å². The molecule has 0 spiro atoms. The van der Waals surface area contributed by atoms with Gasteiger partial charge in [0.25, 0.3) is 0 Å². The van der Waals surface area contributed by atoms with Gasteiger partial charge >= 0.3 is 0 Å². The van der Waals surface area contributed by atoms with Crippen LogP contribution < -0.4 is 0 Å². The topological polar surface area (TPSA) is 60.7 Å². The Kier molecular flexibility index (Phi) is 4.75. The Morgan fingerprint density at radius 3 is 2.46 bits per heavy atom. The number of rotatable bonds is 6. The van der Waals surface area contributed by atoms with Crippen LogP contribution in [-0.4, -0.2) is 31.3 Å². The lowest BCUT2D eigenvalue weighted by Gasteiger charge is -2.04. The molecule has 2 aromatic heterocycles. The third-order valence-corrected chi connectivity index (χ3v) is 5.01. The molecule has 6 heteroatoms. The lowest BCUT2D eigenvalue weighted by atomic mass is 10.2. The van der Waals surface area contributed by atoms with Crippen LogP contribution in [0.4, 0.5) is 0 Å². The van der Waals surface area contributed by atoms with Crippen molar-refractivity contribution in [3.8, 4) is 0 Å². The minimum absolute atomic E-state index is 0.0824. The molecule has 0 atom stereocenters. The summed E-state index contributed by atoms with van der Waals surface area (Å²) in [7, 11) is 0. The van der Waals surface area contributed by atoms with Crippen molar-refractivity contribution in [2.45, 2.75) is 11.6 Å². The number of Topliss-reactive ketones (excluding diaryl/α,β-unsaturated/α-hetero) is 1.